The van der Waals surface area contributed by atoms with Crippen molar-refractivity contribution in [3.63, 3.8) is 0 Å². The topological polar surface area (TPSA) is 29.3 Å². The zero-order valence-corrected chi connectivity index (χ0v) is 10.4. The molecule has 2 aromatic rings. The van der Waals surface area contributed by atoms with Crippen LogP contribution in [0.1, 0.15) is 13.9 Å². The Kier molecular flexibility index (Phi) is 3.97. The Hall–Kier alpha value is -1.64. The minimum atomic E-state index is -1.53. The second-order valence-electron chi connectivity index (χ2n) is 4.17. The molecule has 0 spiro atoms. The van der Waals surface area contributed by atoms with Crippen molar-refractivity contribution in [2.24, 2.45) is 5.73 Å². The SMILES string of the molecule is [2H]C([2H])(c1ccccc1)N(CCN)Cc1ccccc1. The van der Waals surface area contributed by atoms with E-state index in [1.54, 1.807) is 4.90 Å². The van der Waals surface area contributed by atoms with Crippen LogP contribution in [0.2, 0.25) is 0 Å². The average molecular weight is 242 g/mol. The molecule has 0 aliphatic heterocycles. The van der Waals surface area contributed by atoms with Gasteiger partial charge in [-0.15, -0.1) is 0 Å². The van der Waals surface area contributed by atoms with Crippen LogP contribution >= 0.6 is 0 Å². The highest BCUT2D eigenvalue weighted by atomic mass is 15.1. The van der Waals surface area contributed by atoms with Crippen LogP contribution in [-0.2, 0) is 13.0 Å². The molecule has 2 aromatic carbocycles. The van der Waals surface area contributed by atoms with Crippen LogP contribution < -0.4 is 5.73 Å². The number of nitrogens with two attached hydrogens (primary N) is 1. The predicted molar refractivity (Wildman–Crippen MR) is 76.1 cm³/mol. The predicted octanol–water partition coefficient (Wildman–Crippen LogP) is 2.65. The zero-order chi connectivity index (χ0) is 14.4. The lowest BCUT2D eigenvalue weighted by molar-refractivity contribution is 0.264. The third kappa shape index (κ3) is 3.99. The van der Waals surface area contributed by atoms with Crippen molar-refractivity contribution in [2.45, 2.75) is 13.0 Å². The molecule has 0 aromatic heterocycles. The van der Waals surface area contributed by atoms with E-state index in [0.29, 0.717) is 25.2 Å². The molecule has 0 atom stereocenters. The van der Waals surface area contributed by atoms with E-state index in [9.17, 15) is 0 Å². The summed E-state index contributed by atoms with van der Waals surface area (Å²) in [5.74, 6) is 0. The molecule has 0 saturated carbocycles. The van der Waals surface area contributed by atoms with Crippen LogP contribution in [0.3, 0.4) is 0 Å². The maximum Gasteiger partial charge on any atom is 0.0481 e. The first kappa shape index (κ1) is 10.3. The summed E-state index contributed by atoms with van der Waals surface area (Å²) in [6.07, 6.45) is 0. The van der Waals surface area contributed by atoms with Gasteiger partial charge < -0.3 is 5.73 Å². The molecule has 0 aliphatic rings. The fourth-order valence-electron chi connectivity index (χ4n) is 1.83. The van der Waals surface area contributed by atoms with Crippen LogP contribution in [0.4, 0.5) is 0 Å². The Bertz CT molecular complexity index is 515. The number of hydrogen-bond acceptors (Lipinski definition) is 2. The molecule has 94 valence electrons. The molecule has 0 unspecified atom stereocenters. The lowest BCUT2D eigenvalue weighted by Gasteiger charge is -2.21. The largest absolute Gasteiger partial charge is 0.329 e. The molecular weight excluding hydrogens is 220 g/mol. The second-order valence-corrected chi connectivity index (χ2v) is 4.17. The van der Waals surface area contributed by atoms with Gasteiger partial charge in [-0.1, -0.05) is 60.7 Å². The Balaban J connectivity index is 2.23. The summed E-state index contributed by atoms with van der Waals surface area (Å²) >= 11 is 0. The molecule has 2 heteroatoms. The summed E-state index contributed by atoms with van der Waals surface area (Å²) < 4.78 is 16.8. The highest BCUT2D eigenvalue weighted by Crippen LogP contribution is 2.09. The van der Waals surface area contributed by atoms with Crippen molar-refractivity contribution < 1.29 is 2.74 Å². The first-order valence-electron chi connectivity index (χ1n) is 7.19. The van der Waals surface area contributed by atoms with Crippen molar-refractivity contribution in [3.05, 3.63) is 71.8 Å². The highest BCUT2D eigenvalue weighted by molar-refractivity contribution is 5.17. The van der Waals surface area contributed by atoms with E-state index in [4.69, 9.17) is 8.48 Å². The van der Waals surface area contributed by atoms with Gasteiger partial charge in [0, 0.05) is 28.9 Å². The minimum Gasteiger partial charge on any atom is -0.329 e. The molecule has 0 amide bonds. The van der Waals surface area contributed by atoms with E-state index in [0.717, 1.165) is 5.56 Å². The van der Waals surface area contributed by atoms with Crippen LogP contribution in [0, 0.1) is 0 Å². The number of benzene rings is 2. The molecule has 2 rings (SSSR count). The van der Waals surface area contributed by atoms with Crippen molar-refractivity contribution in [1.82, 2.24) is 4.90 Å². The summed E-state index contributed by atoms with van der Waals surface area (Å²) in [5, 5.41) is 0. The van der Waals surface area contributed by atoms with Crippen LogP contribution in [-0.4, -0.2) is 18.0 Å². The molecule has 0 aliphatic carbocycles. The normalized spacial score (nSPS) is 13.2. The summed E-state index contributed by atoms with van der Waals surface area (Å²) in [7, 11) is 0. The maximum absolute atomic E-state index is 8.41. The van der Waals surface area contributed by atoms with Gasteiger partial charge >= 0.3 is 0 Å². The third-order valence-electron chi connectivity index (χ3n) is 2.68. The Morgan fingerprint density at radius 1 is 0.889 bits per heavy atom. The van der Waals surface area contributed by atoms with Crippen molar-refractivity contribution >= 4 is 0 Å². The van der Waals surface area contributed by atoms with Gasteiger partial charge in [0.25, 0.3) is 0 Å². The van der Waals surface area contributed by atoms with Gasteiger partial charge in [0.2, 0.25) is 0 Å². The lowest BCUT2D eigenvalue weighted by atomic mass is 10.1. The molecule has 0 heterocycles. The van der Waals surface area contributed by atoms with Gasteiger partial charge in [0.15, 0.2) is 0 Å². The number of hydrogen-bond donors (Lipinski definition) is 1. The van der Waals surface area contributed by atoms with Gasteiger partial charge in [-0.05, 0) is 11.1 Å². The van der Waals surface area contributed by atoms with Crippen molar-refractivity contribution in [3.8, 4) is 0 Å². The first-order chi connectivity index (χ1) is 9.64. The monoisotopic (exact) mass is 242 g/mol. The van der Waals surface area contributed by atoms with Crippen LogP contribution in [0.5, 0.6) is 0 Å². The fourth-order valence-corrected chi connectivity index (χ4v) is 1.83. The maximum atomic E-state index is 8.41. The molecule has 18 heavy (non-hydrogen) atoms. The van der Waals surface area contributed by atoms with Gasteiger partial charge in [-0.25, -0.2) is 0 Å². The minimum absolute atomic E-state index is 0.430. The Labute approximate surface area is 112 Å². The van der Waals surface area contributed by atoms with Gasteiger partial charge in [0.05, 0.1) is 0 Å². The molecule has 0 radical (unpaired) electrons. The summed E-state index contributed by atoms with van der Waals surface area (Å²) in [4.78, 5) is 1.78. The van der Waals surface area contributed by atoms with E-state index in [1.807, 2.05) is 60.7 Å². The van der Waals surface area contributed by atoms with E-state index in [-0.39, 0.29) is 0 Å². The van der Waals surface area contributed by atoms with E-state index in [1.165, 1.54) is 0 Å². The van der Waals surface area contributed by atoms with Crippen molar-refractivity contribution in [1.29, 1.82) is 0 Å². The van der Waals surface area contributed by atoms with Crippen LogP contribution in [0.15, 0.2) is 60.7 Å². The first-order valence-corrected chi connectivity index (χ1v) is 6.19. The summed E-state index contributed by atoms with van der Waals surface area (Å²) in [6, 6.07) is 19.1. The van der Waals surface area contributed by atoms with E-state index >= 15 is 0 Å². The lowest BCUT2D eigenvalue weighted by Crippen LogP contribution is -2.28. The summed E-state index contributed by atoms with van der Waals surface area (Å²) in [5.41, 5.74) is 7.39. The Morgan fingerprint density at radius 3 is 2.00 bits per heavy atom. The molecule has 2 nitrogen and oxygen atoms in total. The standard InChI is InChI=1S/C16H20N2/c17-11-12-18(13-15-7-3-1-4-8-15)14-16-9-5-2-6-10-16/h1-10H,11-14,17H2/i13D2. The fraction of sp³-hybridized carbons (Fsp3) is 0.250. The van der Waals surface area contributed by atoms with Gasteiger partial charge in [0.1, 0.15) is 0 Å². The molecular formula is C16H20N2. The summed E-state index contributed by atoms with van der Waals surface area (Å²) in [6.45, 7) is -0.0492. The molecule has 0 saturated heterocycles. The second kappa shape index (κ2) is 6.94. The quantitative estimate of drug-likeness (QED) is 0.844. The number of nitrogens with zero attached hydrogens (tertiary/aromatic N) is 1. The van der Waals surface area contributed by atoms with E-state index in [2.05, 4.69) is 0 Å². The third-order valence-corrected chi connectivity index (χ3v) is 2.68. The highest BCUT2D eigenvalue weighted by Gasteiger charge is 2.05. The smallest absolute Gasteiger partial charge is 0.0481 e. The van der Waals surface area contributed by atoms with Crippen LogP contribution in [0.25, 0.3) is 0 Å². The van der Waals surface area contributed by atoms with Gasteiger partial charge in [-0.2, -0.15) is 0 Å². The number of rotatable bonds is 6. The van der Waals surface area contributed by atoms with Gasteiger partial charge in [-0.3, -0.25) is 4.90 Å². The molecule has 0 bridgehead atoms. The molecule has 2 N–H and O–H groups in total. The Morgan fingerprint density at radius 2 is 1.44 bits per heavy atom. The zero-order valence-electron chi connectivity index (χ0n) is 12.4. The van der Waals surface area contributed by atoms with E-state index < -0.39 is 6.50 Å². The van der Waals surface area contributed by atoms with Crippen molar-refractivity contribution in [2.75, 3.05) is 13.1 Å². The average Bonchev–Trinajstić information content (AvgIpc) is 2.49. The molecule has 0 fully saturated rings.